The molecule has 4 aliphatic rings. The SMILES string of the molecule is CC[C@H]1O[C@@H](CC[C@@H]2CC3(OCCO3)[C@H](CCCOC(C)=O)O2)CC12OCCO2. The average Bonchev–Trinajstić information content (AvgIpc) is 3.48. The minimum absolute atomic E-state index is 0.00126. The lowest BCUT2D eigenvalue weighted by atomic mass is 9.98. The number of carbonyl (C=O) groups is 1. The lowest BCUT2D eigenvalue weighted by Gasteiger charge is -2.27. The zero-order valence-corrected chi connectivity index (χ0v) is 17.6. The van der Waals surface area contributed by atoms with Crippen molar-refractivity contribution in [2.24, 2.45) is 0 Å². The Hall–Kier alpha value is -0.770. The second kappa shape index (κ2) is 9.16. The van der Waals surface area contributed by atoms with Crippen molar-refractivity contribution in [3.8, 4) is 0 Å². The molecular weight excluding hydrogens is 380 g/mol. The van der Waals surface area contributed by atoms with Crippen molar-refractivity contribution in [1.29, 1.82) is 0 Å². The van der Waals surface area contributed by atoms with E-state index < -0.39 is 11.6 Å². The van der Waals surface area contributed by atoms with Crippen molar-refractivity contribution < 1.29 is 38.0 Å². The van der Waals surface area contributed by atoms with Gasteiger partial charge in [0.05, 0.1) is 45.2 Å². The van der Waals surface area contributed by atoms with Crippen LogP contribution in [-0.4, -0.2) is 75.0 Å². The molecule has 0 aromatic rings. The van der Waals surface area contributed by atoms with E-state index in [0.717, 1.165) is 44.9 Å². The summed E-state index contributed by atoms with van der Waals surface area (Å²) in [5.74, 6) is -1.45. The summed E-state index contributed by atoms with van der Waals surface area (Å²) in [5.41, 5.74) is 0. The molecule has 0 aromatic heterocycles. The largest absolute Gasteiger partial charge is 0.466 e. The number of hydrogen-bond acceptors (Lipinski definition) is 8. The second-order valence-electron chi connectivity index (χ2n) is 8.39. The quantitative estimate of drug-likeness (QED) is 0.442. The van der Waals surface area contributed by atoms with Crippen molar-refractivity contribution in [1.82, 2.24) is 0 Å². The summed E-state index contributed by atoms with van der Waals surface area (Å²) in [7, 11) is 0. The number of hydrogen-bond donors (Lipinski definition) is 0. The van der Waals surface area contributed by atoms with Gasteiger partial charge in [-0.3, -0.25) is 4.79 Å². The van der Waals surface area contributed by atoms with Crippen LogP contribution in [0.3, 0.4) is 0 Å². The number of rotatable bonds is 8. The normalized spacial score (nSPS) is 35.1. The van der Waals surface area contributed by atoms with E-state index in [1.165, 1.54) is 6.92 Å². The molecule has 0 aliphatic carbocycles. The Balaban J connectivity index is 1.27. The zero-order valence-electron chi connectivity index (χ0n) is 17.6. The fourth-order valence-electron chi connectivity index (χ4n) is 5.11. The molecule has 0 N–H and O–H groups in total. The van der Waals surface area contributed by atoms with Crippen LogP contribution in [0.2, 0.25) is 0 Å². The highest BCUT2D eigenvalue weighted by Gasteiger charge is 2.54. The van der Waals surface area contributed by atoms with Gasteiger partial charge in [0.15, 0.2) is 11.6 Å². The zero-order chi connectivity index (χ0) is 20.3. The molecule has 0 unspecified atom stereocenters. The monoisotopic (exact) mass is 414 g/mol. The molecule has 4 saturated heterocycles. The Morgan fingerprint density at radius 1 is 0.862 bits per heavy atom. The van der Waals surface area contributed by atoms with E-state index in [0.29, 0.717) is 33.0 Å². The first-order valence-electron chi connectivity index (χ1n) is 11.1. The highest BCUT2D eigenvalue weighted by atomic mass is 16.8. The van der Waals surface area contributed by atoms with Gasteiger partial charge in [-0.2, -0.15) is 0 Å². The highest BCUT2D eigenvalue weighted by molar-refractivity contribution is 5.65. The maximum atomic E-state index is 11.0. The first-order chi connectivity index (χ1) is 14.1. The van der Waals surface area contributed by atoms with Gasteiger partial charge < -0.3 is 33.2 Å². The molecule has 8 nitrogen and oxygen atoms in total. The molecule has 0 radical (unpaired) electrons. The molecule has 0 bridgehead atoms. The van der Waals surface area contributed by atoms with Gasteiger partial charge >= 0.3 is 5.97 Å². The third-order valence-corrected chi connectivity index (χ3v) is 6.37. The summed E-state index contributed by atoms with van der Waals surface area (Å²) in [6.45, 7) is 6.41. The molecule has 166 valence electrons. The summed E-state index contributed by atoms with van der Waals surface area (Å²) >= 11 is 0. The predicted molar refractivity (Wildman–Crippen MR) is 101 cm³/mol. The van der Waals surface area contributed by atoms with E-state index in [2.05, 4.69) is 6.92 Å². The van der Waals surface area contributed by atoms with Gasteiger partial charge in [-0.05, 0) is 32.1 Å². The van der Waals surface area contributed by atoms with Crippen molar-refractivity contribution in [3.63, 3.8) is 0 Å². The van der Waals surface area contributed by atoms with Gasteiger partial charge in [0.1, 0.15) is 12.2 Å². The molecule has 2 spiro atoms. The Kier molecular flexibility index (Phi) is 6.78. The predicted octanol–water partition coefficient (Wildman–Crippen LogP) is 2.32. The Morgan fingerprint density at radius 2 is 1.38 bits per heavy atom. The molecular formula is C21H34O8. The van der Waals surface area contributed by atoms with Crippen LogP contribution in [-0.2, 0) is 38.0 Å². The molecule has 0 aromatic carbocycles. The summed E-state index contributed by atoms with van der Waals surface area (Å²) in [5, 5.41) is 0. The van der Waals surface area contributed by atoms with Crippen LogP contribution in [0.25, 0.3) is 0 Å². The summed E-state index contributed by atoms with van der Waals surface area (Å²) in [6.07, 6.45) is 5.69. The van der Waals surface area contributed by atoms with Gasteiger partial charge in [-0.1, -0.05) is 6.92 Å². The van der Waals surface area contributed by atoms with E-state index >= 15 is 0 Å². The standard InChI is InChI=1S/C21H34O8/c1-3-18-20(24-9-10-25-20)13-16(28-18)6-7-17-14-21(26-11-12-27-21)19(29-17)5-4-8-23-15(2)22/h16-19H,3-14H2,1-2H3/t16-,17+,18+,19-/m0/s1. The fraction of sp³-hybridized carbons (Fsp3) is 0.952. The first-order valence-corrected chi connectivity index (χ1v) is 11.1. The lowest BCUT2D eigenvalue weighted by molar-refractivity contribution is -0.192. The van der Waals surface area contributed by atoms with Gasteiger partial charge in [-0.25, -0.2) is 0 Å². The average molecular weight is 414 g/mol. The minimum atomic E-state index is -0.651. The molecule has 0 saturated carbocycles. The number of esters is 1. The van der Waals surface area contributed by atoms with E-state index in [9.17, 15) is 4.79 Å². The van der Waals surface area contributed by atoms with Crippen LogP contribution >= 0.6 is 0 Å². The molecule has 8 heteroatoms. The molecule has 4 heterocycles. The summed E-state index contributed by atoms with van der Waals surface area (Å²) < 4.78 is 41.4. The maximum absolute atomic E-state index is 11.0. The van der Waals surface area contributed by atoms with E-state index in [1.807, 2.05) is 0 Å². The highest BCUT2D eigenvalue weighted by Crippen LogP contribution is 2.44. The van der Waals surface area contributed by atoms with Crippen molar-refractivity contribution >= 4 is 5.97 Å². The Morgan fingerprint density at radius 3 is 1.90 bits per heavy atom. The minimum Gasteiger partial charge on any atom is -0.466 e. The third-order valence-electron chi connectivity index (χ3n) is 6.37. The van der Waals surface area contributed by atoms with Gasteiger partial charge in [-0.15, -0.1) is 0 Å². The smallest absolute Gasteiger partial charge is 0.302 e. The number of carbonyl (C=O) groups excluding carboxylic acids is 1. The topological polar surface area (TPSA) is 81.7 Å². The lowest BCUT2D eigenvalue weighted by Crippen LogP contribution is -2.39. The molecule has 29 heavy (non-hydrogen) atoms. The summed E-state index contributed by atoms with van der Waals surface area (Å²) in [4.78, 5) is 11.0. The van der Waals surface area contributed by atoms with E-state index in [-0.39, 0.29) is 30.4 Å². The molecule has 4 rings (SSSR count). The van der Waals surface area contributed by atoms with Crippen molar-refractivity contribution in [3.05, 3.63) is 0 Å². The second-order valence-corrected chi connectivity index (χ2v) is 8.39. The summed E-state index contributed by atoms with van der Waals surface area (Å²) in [6, 6.07) is 0. The van der Waals surface area contributed by atoms with Crippen molar-refractivity contribution in [2.75, 3.05) is 33.0 Å². The van der Waals surface area contributed by atoms with E-state index in [1.54, 1.807) is 0 Å². The van der Waals surface area contributed by atoms with Crippen LogP contribution < -0.4 is 0 Å². The molecule has 4 atom stereocenters. The van der Waals surface area contributed by atoms with Crippen LogP contribution in [0.5, 0.6) is 0 Å². The fourth-order valence-corrected chi connectivity index (χ4v) is 5.11. The number of ether oxygens (including phenoxy) is 7. The van der Waals surface area contributed by atoms with E-state index in [4.69, 9.17) is 33.2 Å². The molecule has 4 aliphatic heterocycles. The van der Waals surface area contributed by atoms with Crippen LogP contribution in [0, 0.1) is 0 Å². The van der Waals surface area contributed by atoms with Gasteiger partial charge in [0, 0.05) is 19.8 Å². The van der Waals surface area contributed by atoms with Crippen LogP contribution in [0.4, 0.5) is 0 Å². The van der Waals surface area contributed by atoms with Crippen LogP contribution in [0.1, 0.15) is 58.8 Å². The third kappa shape index (κ3) is 4.62. The van der Waals surface area contributed by atoms with Crippen molar-refractivity contribution in [2.45, 2.75) is 94.8 Å². The van der Waals surface area contributed by atoms with Gasteiger partial charge in [0.25, 0.3) is 0 Å². The molecule has 0 amide bonds. The Bertz CT molecular complexity index is 555. The maximum Gasteiger partial charge on any atom is 0.302 e. The van der Waals surface area contributed by atoms with Gasteiger partial charge in [0.2, 0.25) is 0 Å². The molecule has 4 fully saturated rings. The first kappa shape index (κ1) is 21.5. The van der Waals surface area contributed by atoms with Crippen LogP contribution in [0.15, 0.2) is 0 Å². The Labute approximate surface area is 172 Å².